The molecule has 11 heteroatoms. The van der Waals surface area contributed by atoms with Crippen LogP contribution in [0.1, 0.15) is 18.0 Å². The van der Waals surface area contributed by atoms with Crippen LogP contribution in [0.4, 0.5) is 15.9 Å². The van der Waals surface area contributed by atoms with E-state index in [0.29, 0.717) is 23.1 Å². The number of fused-ring (bicyclic) bond motifs is 2. The maximum Gasteiger partial charge on any atom is 0.329 e. The van der Waals surface area contributed by atoms with Crippen LogP contribution >= 0.6 is 0 Å². The number of rotatable bonds is 4. The molecule has 1 aliphatic heterocycles. The van der Waals surface area contributed by atoms with Crippen molar-refractivity contribution in [2.75, 3.05) is 11.9 Å². The number of anilines is 1. The zero-order valence-corrected chi connectivity index (χ0v) is 15.4. The van der Waals surface area contributed by atoms with Gasteiger partial charge in [0.25, 0.3) is 0 Å². The monoisotopic (exact) mass is 407 g/mol. The van der Waals surface area contributed by atoms with Crippen LogP contribution < -0.4 is 10.1 Å². The van der Waals surface area contributed by atoms with Crippen LogP contribution in [0.2, 0.25) is 0 Å². The second-order valence-corrected chi connectivity index (χ2v) is 6.64. The average Bonchev–Trinajstić information content (AvgIpc) is 3.18. The summed E-state index contributed by atoms with van der Waals surface area (Å²) in [6, 6.07) is 4.20. The smallest absolute Gasteiger partial charge is 0.329 e. The van der Waals surface area contributed by atoms with E-state index in [0.717, 1.165) is 6.20 Å². The fraction of sp³-hybridized carbons (Fsp3) is 0.158. The van der Waals surface area contributed by atoms with Crippen LogP contribution in [-0.4, -0.2) is 36.1 Å². The lowest BCUT2D eigenvalue weighted by atomic mass is 10.0. The summed E-state index contributed by atoms with van der Waals surface area (Å²) in [7, 11) is 0. The van der Waals surface area contributed by atoms with Crippen molar-refractivity contribution in [1.29, 1.82) is 0 Å². The van der Waals surface area contributed by atoms with Crippen molar-refractivity contribution >= 4 is 17.0 Å². The zero-order chi connectivity index (χ0) is 20.7. The van der Waals surface area contributed by atoms with Crippen LogP contribution in [0, 0.1) is 15.9 Å². The van der Waals surface area contributed by atoms with Gasteiger partial charge in [-0.3, -0.25) is 15.1 Å². The Morgan fingerprint density at radius 1 is 1.30 bits per heavy atom. The molecule has 0 amide bonds. The van der Waals surface area contributed by atoms with E-state index in [-0.39, 0.29) is 29.7 Å². The summed E-state index contributed by atoms with van der Waals surface area (Å²) < 4.78 is 21.1. The van der Waals surface area contributed by atoms with Crippen LogP contribution in [-0.2, 0) is 0 Å². The van der Waals surface area contributed by atoms with Gasteiger partial charge in [-0.15, -0.1) is 0 Å². The van der Waals surface area contributed by atoms with E-state index in [1.807, 2.05) is 0 Å². The van der Waals surface area contributed by atoms with Gasteiger partial charge in [0, 0.05) is 24.4 Å². The number of hydrogen-bond donors (Lipinski definition) is 1. The summed E-state index contributed by atoms with van der Waals surface area (Å²) in [5.74, 6) is -0.0319. The minimum Gasteiger partial charge on any atom is -0.490 e. The molecule has 4 aromatic rings. The maximum atomic E-state index is 14.1. The normalized spacial score (nSPS) is 15.4. The molecule has 4 heterocycles. The van der Waals surface area contributed by atoms with E-state index in [9.17, 15) is 14.5 Å². The molecule has 0 radical (unpaired) electrons. The number of nitrogens with zero attached hydrogens (tertiary/aromatic N) is 6. The van der Waals surface area contributed by atoms with Crippen molar-refractivity contribution in [3.63, 3.8) is 0 Å². The van der Waals surface area contributed by atoms with E-state index in [4.69, 9.17) is 4.74 Å². The maximum absolute atomic E-state index is 14.1. The first kappa shape index (κ1) is 17.9. The molecule has 1 aliphatic rings. The van der Waals surface area contributed by atoms with E-state index in [2.05, 4.69) is 25.4 Å². The Bertz CT molecular complexity index is 1280. The molecule has 0 saturated heterocycles. The lowest BCUT2D eigenvalue weighted by Crippen LogP contribution is -2.22. The molecular weight excluding hydrogens is 393 g/mol. The minimum atomic E-state index is -0.560. The Kier molecular flexibility index (Phi) is 4.20. The number of aromatic nitrogens is 5. The SMILES string of the molecule is O=[N+]([O-])c1cnc(-c2cnn3ccncc23)nc1N[C@@H]1CCOc2c(F)cccc21. The topological polar surface area (TPSA) is 120 Å². The molecule has 0 unspecified atom stereocenters. The van der Waals surface area contributed by atoms with Crippen LogP contribution in [0.15, 0.2) is 49.2 Å². The van der Waals surface area contributed by atoms with E-state index < -0.39 is 16.8 Å². The van der Waals surface area contributed by atoms with Gasteiger partial charge < -0.3 is 10.1 Å². The lowest BCUT2D eigenvalue weighted by Gasteiger charge is -2.27. The van der Waals surface area contributed by atoms with Gasteiger partial charge in [-0.2, -0.15) is 5.10 Å². The molecule has 1 atom stereocenters. The quantitative estimate of drug-likeness (QED) is 0.405. The largest absolute Gasteiger partial charge is 0.490 e. The summed E-state index contributed by atoms with van der Waals surface area (Å²) in [4.78, 5) is 23.6. The Balaban J connectivity index is 1.58. The molecule has 1 N–H and O–H groups in total. The Morgan fingerprint density at radius 2 is 2.20 bits per heavy atom. The van der Waals surface area contributed by atoms with Gasteiger partial charge in [0.05, 0.1) is 41.0 Å². The molecule has 10 nitrogen and oxygen atoms in total. The average molecular weight is 407 g/mol. The number of nitro groups is 1. The lowest BCUT2D eigenvalue weighted by molar-refractivity contribution is -0.384. The van der Waals surface area contributed by atoms with Crippen molar-refractivity contribution in [2.45, 2.75) is 12.5 Å². The zero-order valence-electron chi connectivity index (χ0n) is 15.4. The summed E-state index contributed by atoms with van der Waals surface area (Å²) in [6.07, 6.45) is 8.09. The van der Waals surface area contributed by atoms with Crippen molar-refractivity contribution < 1.29 is 14.1 Å². The van der Waals surface area contributed by atoms with E-state index >= 15 is 0 Å². The molecule has 3 aromatic heterocycles. The van der Waals surface area contributed by atoms with Crippen molar-refractivity contribution in [1.82, 2.24) is 24.6 Å². The number of ether oxygens (including phenoxy) is 1. The fourth-order valence-electron chi connectivity index (χ4n) is 3.45. The van der Waals surface area contributed by atoms with Gasteiger partial charge in [0.2, 0.25) is 5.82 Å². The molecular formula is C19H14FN7O3. The molecule has 0 bridgehead atoms. The number of nitrogens with one attached hydrogen (secondary N) is 1. The van der Waals surface area contributed by atoms with Crippen molar-refractivity contribution in [2.24, 2.45) is 0 Å². The van der Waals surface area contributed by atoms with Crippen LogP contribution in [0.25, 0.3) is 16.9 Å². The van der Waals surface area contributed by atoms with Crippen LogP contribution in [0.3, 0.4) is 0 Å². The molecule has 0 aliphatic carbocycles. The van der Waals surface area contributed by atoms with E-state index in [1.54, 1.807) is 41.4 Å². The first-order chi connectivity index (χ1) is 14.6. The third-order valence-corrected chi connectivity index (χ3v) is 4.87. The standard InChI is InChI=1S/C19H14FN7O3/c20-13-3-1-2-11-14(4-7-30-17(11)13)24-19-16(27(28)29)10-22-18(25-19)12-8-23-26-6-5-21-9-15(12)26/h1-3,5-6,8-10,14H,4,7H2,(H,22,24,25)/t14-/m1/s1. The molecule has 0 spiro atoms. The summed E-state index contributed by atoms with van der Waals surface area (Å²) in [6.45, 7) is 0.275. The first-order valence-corrected chi connectivity index (χ1v) is 9.08. The highest BCUT2D eigenvalue weighted by atomic mass is 19.1. The number of hydrogen-bond acceptors (Lipinski definition) is 8. The third kappa shape index (κ3) is 2.96. The summed E-state index contributed by atoms with van der Waals surface area (Å²) >= 11 is 0. The molecule has 0 saturated carbocycles. The highest BCUT2D eigenvalue weighted by molar-refractivity contribution is 5.76. The molecule has 5 rings (SSSR count). The Hall–Kier alpha value is -4.15. The predicted octanol–water partition coefficient (Wildman–Crippen LogP) is 3.17. The van der Waals surface area contributed by atoms with Gasteiger partial charge in [0.1, 0.15) is 6.20 Å². The predicted molar refractivity (Wildman–Crippen MR) is 104 cm³/mol. The van der Waals surface area contributed by atoms with Crippen molar-refractivity contribution in [3.05, 3.63) is 70.7 Å². The first-order valence-electron chi connectivity index (χ1n) is 9.08. The summed E-state index contributed by atoms with van der Waals surface area (Å²) in [5.41, 5.74) is 1.55. The second-order valence-electron chi connectivity index (χ2n) is 6.64. The molecule has 30 heavy (non-hydrogen) atoms. The second kappa shape index (κ2) is 7.03. The number of benzene rings is 1. The molecule has 150 valence electrons. The van der Waals surface area contributed by atoms with Gasteiger partial charge >= 0.3 is 5.69 Å². The highest BCUT2D eigenvalue weighted by Crippen LogP contribution is 2.37. The van der Waals surface area contributed by atoms with Gasteiger partial charge in [-0.25, -0.2) is 18.9 Å². The molecule has 1 aromatic carbocycles. The number of halogens is 1. The van der Waals surface area contributed by atoms with Gasteiger partial charge in [0.15, 0.2) is 17.4 Å². The van der Waals surface area contributed by atoms with Crippen LogP contribution in [0.5, 0.6) is 5.75 Å². The van der Waals surface area contributed by atoms with Crippen molar-refractivity contribution in [3.8, 4) is 17.1 Å². The third-order valence-electron chi connectivity index (χ3n) is 4.87. The Morgan fingerprint density at radius 3 is 3.07 bits per heavy atom. The molecule has 0 fully saturated rings. The van der Waals surface area contributed by atoms with Gasteiger partial charge in [-0.05, 0) is 6.07 Å². The highest BCUT2D eigenvalue weighted by Gasteiger charge is 2.28. The fourth-order valence-corrected chi connectivity index (χ4v) is 3.45. The Labute approximate surface area is 168 Å². The van der Waals surface area contributed by atoms with Gasteiger partial charge in [-0.1, -0.05) is 12.1 Å². The minimum absolute atomic E-state index is 0.0374. The number of para-hydroxylation sites is 1. The van der Waals surface area contributed by atoms with E-state index in [1.165, 1.54) is 6.07 Å². The summed E-state index contributed by atoms with van der Waals surface area (Å²) in [5, 5.41) is 18.9.